The van der Waals surface area contributed by atoms with Crippen molar-refractivity contribution in [2.24, 2.45) is 5.92 Å². The molecule has 0 spiro atoms. The average Bonchev–Trinajstić information content (AvgIpc) is 2.34. The molecule has 2 rings (SSSR count). The summed E-state index contributed by atoms with van der Waals surface area (Å²) >= 11 is 0. The lowest BCUT2D eigenvalue weighted by Gasteiger charge is -2.27. The number of carbonyl (C=O) groups is 1. The Morgan fingerprint density at radius 1 is 1.42 bits per heavy atom. The molecule has 104 valence electrons. The van der Waals surface area contributed by atoms with Gasteiger partial charge < -0.3 is 10.2 Å². The number of nitrogens with one attached hydrogen (secondary N) is 2. The highest BCUT2D eigenvalue weighted by Crippen LogP contribution is 2.15. The third kappa shape index (κ3) is 4.06. The molecule has 1 unspecified atom stereocenters. The van der Waals surface area contributed by atoms with Crippen LogP contribution < -0.4 is 10.2 Å². The van der Waals surface area contributed by atoms with Gasteiger partial charge in [-0.2, -0.15) is 0 Å². The molecule has 1 aliphatic rings. The van der Waals surface area contributed by atoms with Crippen LogP contribution in [0.4, 0.5) is 5.69 Å². The minimum Gasteiger partial charge on any atom is -0.327 e. The van der Waals surface area contributed by atoms with Crippen molar-refractivity contribution in [3.63, 3.8) is 0 Å². The SMILES string of the molecule is Cc1ccc(C)c(NC(=O)C[NH+]2CCC[C@H](C)C2)c1. The Labute approximate surface area is 116 Å². The molecule has 19 heavy (non-hydrogen) atoms. The molecule has 0 radical (unpaired) electrons. The molecule has 1 saturated heterocycles. The van der Waals surface area contributed by atoms with Gasteiger partial charge in [0.1, 0.15) is 0 Å². The number of likely N-dealkylation sites (tertiary alicyclic amines) is 1. The zero-order valence-electron chi connectivity index (χ0n) is 12.3. The molecule has 0 bridgehead atoms. The first-order valence-electron chi connectivity index (χ1n) is 7.25. The zero-order chi connectivity index (χ0) is 13.8. The van der Waals surface area contributed by atoms with E-state index < -0.39 is 0 Å². The van der Waals surface area contributed by atoms with Gasteiger partial charge in [0.15, 0.2) is 6.54 Å². The van der Waals surface area contributed by atoms with E-state index in [0.29, 0.717) is 6.54 Å². The molecule has 1 aromatic carbocycles. The van der Waals surface area contributed by atoms with E-state index in [4.69, 9.17) is 0 Å². The van der Waals surface area contributed by atoms with Gasteiger partial charge in [-0.25, -0.2) is 0 Å². The van der Waals surface area contributed by atoms with Crippen molar-refractivity contribution in [1.29, 1.82) is 0 Å². The van der Waals surface area contributed by atoms with Gasteiger partial charge >= 0.3 is 0 Å². The molecule has 3 nitrogen and oxygen atoms in total. The van der Waals surface area contributed by atoms with Crippen LogP contribution in [0.2, 0.25) is 0 Å². The summed E-state index contributed by atoms with van der Waals surface area (Å²) in [5.74, 6) is 0.884. The third-order valence-electron chi connectivity index (χ3n) is 3.94. The van der Waals surface area contributed by atoms with Crippen LogP contribution in [-0.4, -0.2) is 25.5 Å². The van der Waals surface area contributed by atoms with E-state index in [1.165, 1.54) is 23.3 Å². The predicted octanol–water partition coefficient (Wildman–Crippen LogP) is 1.56. The van der Waals surface area contributed by atoms with Crippen molar-refractivity contribution in [2.45, 2.75) is 33.6 Å². The molecule has 1 aromatic rings. The number of piperidine rings is 1. The number of anilines is 1. The number of rotatable bonds is 3. The minimum atomic E-state index is 0.137. The topological polar surface area (TPSA) is 33.5 Å². The van der Waals surface area contributed by atoms with E-state index in [0.717, 1.165) is 30.3 Å². The molecule has 2 N–H and O–H groups in total. The van der Waals surface area contributed by atoms with Crippen LogP contribution in [0.3, 0.4) is 0 Å². The molecule has 1 amide bonds. The Hall–Kier alpha value is -1.35. The van der Waals surface area contributed by atoms with E-state index >= 15 is 0 Å². The normalized spacial score (nSPS) is 23.1. The van der Waals surface area contributed by atoms with Crippen LogP contribution in [-0.2, 0) is 4.79 Å². The fraction of sp³-hybridized carbons (Fsp3) is 0.562. The quantitative estimate of drug-likeness (QED) is 0.850. The second-order valence-corrected chi connectivity index (χ2v) is 5.99. The standard InChI is InChI=1S/C16H24N2O/c1-12-6-7-14(3)15(9-12)17-16(19)11-18-8-4-5-13(2)10-18/h6-7,9,13H,4-5,8,10-11H2,1-3H3,(H,17,19)/p+1/t13-/m0/s1. The van der Waals surface area contributed by atoms with Gasteiger partial charge in [0.05, 0.1) is 13.1 Å². The molecule has 1 fully saturated rings. The minimum absolute atomic E-state index is 0.137. The van der Waals surface area contributed by atoms with Gasteiger partial charge in [0, 0.05) is 11.6 Å². The van der Waals surface area contributed by atoms with Crippen LogP contribution in [0.15, 0.2) is 18.2 Å². The first kappa shape index (κ1) is 14.1. The summed E-state index contributed by atoms with van der Waals surface area (Å²) in [7, 11) is 0. The molecular weight excluding hydrogens is 236 g/mol. The summed E-state index contributed by atoms with van der Waals surface area (Å²) in [6.45, 7) is 9.21. The van der Waals surface area contributed by atoms with Crippen LogP contribution in [0, 0.1) is 19.8 Å². The van der Waals surface area contributed by atoms with E-state index in [2.05, 4.69) is 24.4 Å². The Bertz CT molecular complexity index is 456. The highest BCUT2D eigenvalue weighted by Gasteiger charge is 2.22. The van der Waals surface area contributed by atoms with Gasteiger partial charge in [-0.05, 0) is 43.9 Å². The van der Waals surface area contributed by atoms with Crippen molar-refractivity contribution in [1.82, 2.24) is 0 Å². The molecule has 1 aliphatic heterocycles. The number of aryl methyl sites for hydroxylation is 2. The maximum Gasteiger partial charge on any atom is 0.279 e. The molecule has 2 atom stereocenters. The molecule has 0 saturated carbocycles. The molecule has 3 heteroatoms. The first-order valence-corrected chi connectivity index (χ1v) is 7.25. The molecule has 0 aromatic heterocycles. The zero-order valence-corrected chi connectivity index (χ0v) is 12.3. The lowest BCUT2D eigenvalue weighted by Crippen LogP contribution is -3.14. The van der Waals surface area contributed by atoms with Crippen LogP contribution in [0.25, 0.3) is 0 Å². The summed E-state index contributed by atoms with van der Waals surface area (Å²) in [6.07, 6.45) is 2.55. The predicted molar refractivity (Wildman–Crippen MR) is 78.5 cm³/mol. The van der Waals surface area contributed by atoms with Crippen LogP contribution in [0.1, 0.15) is 30.9 Å². The van der Waals surface area contributed by atoms with Gasteiger partial charge in [-0.3, -0.25) is 4.79 Å². The molecular formula is C16H25N2O+. The average molecular weight is 261 g/mol. The Kier molecular flexibility index (Phi) is 4.59. The van der Waals surface area contributed by atoms with Crippen LogP contribution in [0.5, 0.6) is 0 Å². The summed E-state index contributed by atoms with van der Waals surface area (Å²) in [5.41, 5.74) is 3.26. The number of benzene rings is 1. The second kappa shape index (κ2) is 6.20. The number of hydrogen-bond acceptors (Lipinski definition) is 1. The number of amides is 1. The van der Waals surface area contributed by atoms with E-state index in [1.807, 2.05) is 19.9 Å². The highest BCUT2D eigenvalue weighted by atomic mass is 16.2. The monoisotopic (exact) mass is 261 g/mol. The first-order chi connectivity index (χ1) is 9.04. The largest absolute Gasteiger partial charge is 0.327 e. The van der Waals surface area contributed by atoms with Crippen molar-refractivity contribution in [3.05, 3.63) is 29.3 Å². The summed E-state index contributed by atoms with van der Waals surface area (Å²) in [6, 6.07) is 6.17. The maximum atomic E-state index is 12.1. The van der Waals surface area contributed by atoms with Crippen molar-refractivity contribution < 1.29 is 9.69 Å². The fourth-order valence-electron chi connectivity index (χ4n) is 2.85. The summed E-state index contributed by atoms with van der Waals surface area (Å²) in [4.78, 5) is 13.5. The highest BCUT2D eigenvalue weighted by molar-refractivity contribution is 5.92. The van der Waals surface area contributed by atoms with Crippen molar-refractivity contribution in [3.8, 4) is 0 Å². The van der Waals surface area contributed by atoms with E-state index in [9.17, 15) is 4.79 Å². The van der Waals surface area contributed by atoms with Gasteiger partial charge in [-0.1, -0.05) is 19.1 Å². The lowest BCUT2D eigenvalue weighted by atomic mass is 10.0. The van der Waals surface area contributed by atoms with Gasteiger partial charge in [-0.15, -0.1) is 0 Å². The smallest absolute Gasteiger partial charge is 0.279 e. The molecule has 1 heterocycles. The van der Waals surface area contributed by atoms with Crippen molar-refractivity contribution in [2.75, 3.05) is 25.0 Å². The molecule has 0 aliphatic carbocycles. The Morgan fingerprint density at radius 3 is 2.95 bits per heavy atom. The van der Waals surface area contributed by atoms with E-state index in [1.54, 1.807) is 0 Å². The Morgan fingerprint density at radius 2 is 2.21 bits per heavy atom. The lowest BCUT2D eigenvalue weighted by molar-refractivity contribution is -0.900. The number of carbonyl (C=O) groups excluding carboxylic acids is 1. The van der Waals surface area contributed by atoms with Crippen LogP contribution >= 0.6 is 0 Å². The second-order valence-electron chi connectivity index (χ2n) is 5.99. The number of hydrogen-bond donors (Lipinski definition) is 2. The number of quaternary nitrogens is 1. The van der Waals surface area contributed by atoms with Gasteiger partial charge in [0.2, 0.25) is 0 Å². The third-order valence-corrected chi connectivity index (χ3v) is 3.94. The Balaban J connectivity index is 1.92. The van der Waals surface area contributed by atoms with E-state index in [-0.39, 0.29) is 5.91 Å². The summed E-state index contributed by atoms with van der Waals surface area (Å²) in [5, 5.41) is 3.05. The van der Waals surface area contributed by atoms with Crippen molar-refractivity contribution >= 4 is 11.6 Å². The summed E-state index contributed by atoms with van der Waals surface area (Å²) < 4.78 is 0. The maximum absolute atomic E-state index is 12.1. The fourth-order valence-corrected chi connectivity index (χ4v) is 2.85. The van der Waals surface area contributed by atoms with Gasteiger partial charge in [0.25, 0.3) is 5.91 Å².